The monoisotopic (exact) mass is 499 g/mol. The standard InChI is InChI=1S/C15H15NO.C11H14.C8H16O/c1-16-15(17)14-10-6-5-9-13(14)11-12-7-3-2-4-8-12;1-4-10-7-5-6-8-11(10)9(2)3;1-3-5-6-7-8(9)4-2/h2-10H,11H2,1H3,(H,16,17);5-8H,2,4H2,1,3H3;3-7H2,1-2H3. The highest BCUT2D eigenvalue weighted by atomic mass is 16.1. The number of ketones is 1. The highest BCUT2D eigenvalue weighted by Crippen LogP contribution is 2.17. The summed E-state index contributed by atoms with van der Waals surface area (Å²) in [6.07, 6.45) is 6.87. The molecule has 0 atom stereocenters. The van der Waals surface area contributed by atoms with Gasteiger partial charge in [0.1, 0.15) is 5.78 Å². The maximum absolute atomic E-state index is 11.7. The number of carbonyl (C=O) groups excluding carboxylic acids is 2. The molecule has 3 aromatic rings. The first kappa shape index (κ1) is 31.6. The molecule has 0 radical (unpaired) electrons. The zero-order valence-electron chi connectivity index (χ0n) is 23.5. The van der Waals surface area contributed by atoms with Crippen molar-refractivity contribution in [1.29, 1.82) is 0 Å². The van der Waals surface area contributed by atoms with Gasteiger partial charge in [-0.2, -0.15) is 0 Å². The summed E-state index contributed by atoms with van der Waals surface area (Å²) in [5.41, 5.74) is 6.86. The number of nitrogens with one attached hydrogen (secondary N) is 1. The van der Waals surface area contributed by atoms with Gasteiger partial charge in [-0.15, -0.1) is 0 Å². The van der Waals surface area contributed by atoms with Crippen LogP contribution in [0.15, 0.2) is 85.4 Å². The SMILES string of the molecule is C=C(C)c1ccccc1CC.CCCCCC(=O)CC.CNC(=O)c1ccccc1Cc1ccccc1. The number of unbranched alkanes of at least 4 members (excludes halogenated alkanes) is 2. The molecule has 0 aromatic heterocycles. The van der Waals surface area contributed by atoms with Crippen LogP contribution in [0, 0.1) is 0 Å². The van der Waals surface area contributed by atoms with Crippen molar-refractivity contribution in [3.8, 4) is 0 Å². The molecule has 0 aliphatic rings. The van der Waals surface area contributed by atoms with E-state index in [9.17, 15) is 9.59 Å². The highest BCUT2D eigenvalue weighted by molar-refractivity contribution is 5.95. The molecule has 0 spiro atoms. The minimum atomic E-state index is -0.0310. The van der Waals surface area contributed by atoms with Crippen LogP contribution in [0.4, 0.5) is 0 Å². The lowest BCUT2D eigenvalue weighted by molar-refractivity contribution is -0.118. The van der Waals surface area contributed by atoms with E-state index in [0.29, 0.717) is 12.2 Å². The Labute approximate surface area is 225 Å². The van der Waals surface area contributed by atoms with Gasteiger partial charge in [-0.1, -0.05) is 119 Å². The first-order valence-corrected chi connectivity index (χ1v) is 13.5. The number of Topliss-reactive ketones (excluding diaryl/α,β-unsaturated/α-hetero) is 1. The largest absolute Gasteiger partial charge is 0.355 e. The molecule has 0 heterocycles. The molecule has 3 aromatic carbocycles. The van der Waals surface area contributed by atoms with Crippen LogP contribution in [-0.2, 0) is 17.6 Å². The summed E-state index contributed by atoms with van der Waals surface area (Å²) in [7, 11) is 1.65. The summed E-state index contributed by atoms with van der Waals surface area (Å²) < 4.78 is 0. The number of allylic oxidation sites excluding steroid dienone is 1. The number of aryl methyl sites for hydroxylation is 1. The molecule has 3 rings (SSSR count). The van der Waals surface area contributed by atoms with Gasteiger partial charge < -0.3 is 5.32 Å². The van der Waals surface area contributed by atoms with Crippen LogP contribution < -0.4 is 5.32 Å². The van der Waals surface area contributed by atoms with Crippen molar-refractivity contribution in [3.63, 3.8) is 0 Å². The molecule has 3 heteroatoms. The molecule has 1 amide bonds. The first-order valence-electron chi connectivity index (χ1n) is 13.5. The van der Waals surface area contributed by atoms with Gasteiger partial charge in [0.05, 0.1) is 0 Å². The average molecular weight is 500 g/mol. The summed E-state index contributed by atoms with van der Waals surface area (Å²) in [4.78, 5) is 22.4. The van der Waals surface area contributed by atoms with Crippen molar-refractivity contribution < 1.29 is 9.59 Å². The van der Waals surface area contributed by atoms with Crippen molar-refractivity contribution in [3.05, 3.63) is 113 Å². The van der Waals surface area contributed by atoms with Gasteiger partial charge in [-0.25, -0.2) is 0 Å². The summed E-state index contributed by atoms with van der Waals surface area (Å²) in [6.45, 7) is 12.2. The Morgan fingerprint density at radius 2 is 1.32 bits per heavy atom. The molecular weight excluding hydrogens is 454 g/mol. The van der Waals surface area contributed by atoms with Gasteiger partial charge in [0, 0.05) is 25.5 Å². The maximum Gasteiger partial charge on any atom is 0.251 e. The minimum absolute atomic E-state index is 0.0310. The van der Waals surface area contributed by atoms with Crippen LogP contribution in [0.1, 0.15) is 92.4 Å². The van der Waals surface area contributed by atoms with E-state index < -0.39 is 0 Å². The van der Waals surface area contributed by atoms with E-state index in [0.717, 1.165) is 42.4 Å². The Morgan fingerprint density at radius 3 is 1.84 bits per heavy atom. The molecule has 37 heavy (non-hydrogen) atoms. The van der Waals surface area contributed by atoms with Gasteiger partial charge >= 0.3 is 0 Å². The normalized spacial score (nSPS) is 9.76. The number of hydrogen-bond acceptors (Lipinski definition) is 2. The van der Waals surface area contributed by atoms with Crippen LogP contribution in [0.2, 0.25) is 0 Å². The fourth-order valence-electron chi connectivity index (χ4n) is 3.84. The zero-order valence-corrected chi connectivity index (χ0v) is 23.5. The number of amides is 1. The summed E-state index contributed by atoms with van der Waals surface area (Å²) >= 11 is 0. The maximum atomic E-state index is 11.7. The Balaban J connectivity index is 0.000000298. The summed E-state index contributed by atoms with van der Waals surface area (Å²) in [5.74, 6) is 0.375. The van der Waals surface area contributed by atoms with Gasteiger partial charge in [0.2, 0.25) is 0 Å². The van der Waals surface area contributed by atoms with Crippen LogP contribution in [0.3, 0.4) is 0 Å². The Bertz CT molecular complexity index is 1090. The molecule has 198 valence electrons. The second-order valence-electron chi connectivity index (χ2n) is 9.04. The number of rotatable bonds is 10. The van der Waals surface area contributed by atoms with Crippen LogP contribution in [-0.4, -0.2) is 18.7 Å². The molecular formula is C34H45NO2. The minimum Gasteiger partial charge on any atom is -0.355 e. The van der Waals surface area contributed by atoms with Crippen LogP contribution >= 0.6 is 0 Å². The topological polar surface area (TPSA) is 46.2 Å². The second kappa shape index (κ2) is 18.8. The van der Waals surface area contributed by atoms with Crippen LogP contribution in [0.25, 0.3) is 5.57 Å². The van der Waals surface area contributed by atoms with Gasteiger partial charge in [-0.05, 0) is 54.5 Å². The van der Waals surface area contributed by atoms with E-state index in [1.165, 1.54) is 29.5 Å². The van der Waals surface area contributed by atoms with E-state index in [-0.39, 0.29) is 5.91 Å². The van der Waals surface area contributed by atoms with Crippen LogP contribution in [0.5, 0.6) is 0 Å². The Hall–Kier alpha value is -3.46. The van der Waals surface area contributed by atoms with Crippen molar-refractivity contribution >= 4 is 17.3 Å². The Kier molecular flexibility index (Phi) is 16.0. The van der Waals surface area contributed by atoms with Crippen molar-refractivity contribution in [2.24, 2.45) is 0 Å². The number of carbonyl (C=O) groups is 2. The quantitative estimate of drug-likeness (QED) is 0.284. The predicted molar refractivity (Wildman–Crippen MR) is 159 cm³/mol. The van der Waals surface area contributed by atoms with E-state index in [4.69, 9.17) is 0 Å². The molecule has 0 fully saturated rings. The molecule has 0 unspecified atom stereocenters. The third kappa shape index (κ3) is 12.4. The lowest BCUT2D eigenvalue weighted by Gasteiger charge is -2.08. The smallest absolute Gasteiger partial charge is 0.251 e. The second-order valence-corrected chi connectivity index (χ2v) is 9.04. The van der Waals surface area contributed by atoms with Gasteiger partial charge in [-0.3, -0.25) is 9.59 Å². The van der Waals surface area contributed by atoms with E-state index in [1.54, 1.807) is 7.05 Å². The van der Waals surface area contributed by atoms with Crippen molar-refractivity contribution in [1.82, 2.24) is 5.32 Å². The van der Waals surface area contributed by atoms with E-state index in [2.05, 4.69) is 69.1 Å². The molecule has 0 aliphatic heterocycles. The molecule has 3 nitrogen and oxygen atoms in total. The molecule has 0 saturated heterocycles. The number of hydrogen-bond donors (Lipinski definition) is 1. The Morgan fingerprint density at radius 1 is 0.757 bits per heavy atom. The number of benzene rings is 3. The first-order chi connectivity index (χ1) is 17.9. The predicted octanol–water partition coefficient (Wildman–Crippen LogP) is 8.46. The van der Waals surface area contributed by atoms with E-state index >= 15 is 0 Å². The highest BCUT2D eigenvalue weighted by Gasteiger charge is 2.09. The lowest BCUT2D eigenvalue weighted by Crippen LogP contribution is -2.19. The third-order valence-corrected chi connectivity index (χ3v) is 6.04. The van der Waals surface area contributed by atoms with Crippen molar-refractivity contribution in [2.45, 2.75) is 72.6 Å². The zero-order chi connectivity index (χ0) is 27.5. The fourth-order valence-corrected chi connectivity index (χ4v) is 3.84. The molecule has 0 saturated carbocycles. The summed E-state index contributed by atoms with van der Waals surface area (Å²) in [5, 5.41) is 2.67. The fraction of sp³-hybridized carbons (Fsp3) is 0.353. The van der Waals surface area contributed by atoms with Gasteiger partial charge in [0.25, 0.3) is 5.91 Å². The lowest BCUT2D eigenvalue weighted by atomic mass is 9.99. The average Bonchev–Trinajstić information content (AvgIpc) is 2.94. The van der Waals surface area contributed by atoms with Gasteiger partial charge in [0.15, 0.2) is 0 Å². The molecule has 0 bridgehead atoms. The molecule has 0 aliphatic carbocycles. The third-order valence-electron chi connectivity index (χ3n) is 6.04. The molecule has 1 N–H and O–H groups in total. The van der Waals surface area contributed by atoms with E-state index in [1.807, 2.05) is 49.4 Å². The van der Waals surface area contributed by atoms with Crippen molar-refractivity contribution in [2.75, 3.05) is 7.05 Å². The summed E-state index contributed by atoms with van der Waals surface area (Å²) in [6, 6.07) is 26.3.